The lowest BCUT2D eigenvalue weighted by molar-refractivity contribution is 0.0600. The summed E-state index contributed by atoms with van der Waals surface area (Å²) in [6, 6.07) is 6.59. The molecule has 0 unspecified atom stereocenters. The number of halogens is 1. The van der Waals surface area contributed by atoms with Gasteiger partial charge in [-0.1, -0.05) is 0 Å². The second-order valence-corrected chi connectivity index (χ2v) is 3.59. The van der Waals surface area contributed by atoms with Gasteiger partial charge >= 0.3 is 5.97 Å². The molecule has 0 amide bonds. The van der Waals surface area contributed by atoms with Crippen LogP contribution < -0.4 is 0 Å². The quantitative estimate of drug-likeness (QED) is 0.828. The van der Waals surface area contributed by atoms with Gasteiger partial charge in [0.05, 0.1) is 18.4 Å². The second kappa shape index (κ2) is 4.83. The van der Waals surface area contributed by atoms with Gasteiger partial charge in [0.15, 0.2) is 0 Å². The lowest BCUT2D eigenvalue weighted by Gasteiger charge is -2.05. The molecule has 92 valence electrons. The number of benzene rings is 1. The molecule has 0 radical (unpaired) electrons. The van der Waals surface area contributed by atoms with E-state index in [1.165, 1.54) is 37.6 Å². The zero-order valence-electron chi connectivity index (χ0n) is 9.55. The Hall–Kier alpha value is -2.43. The second-order valence-electron chi connectivity index (χ2n) is 3.59. The van der Waals surface area contributed by atoms with Crippen LogP contribution >= 0.6 is 0 Å². The van der Waals surface area contributed by atoms with Gasteiger partial charge in [-0.15, -0.1) is 0 Å². The van der Waals surface area contributed by atoms with Gasteiger partial charge in [-0.25, -0.2) is 9.18 Å². The predicted molar refractivity (Wildman–Crippen MR) is 62.6 cm³/mol. The van der Waals surface area contributed by atoms with Crippen molar-refractivity contribution in [3.63, 3.8) is 0 Å². The van der Waals surface area contributed by atoms with Crippen LogP contribution in [0.1, 0.15) is 10.4 Å². The fourth-order valence-corrected chi connectivity index (χ4v) is 1.51. The van der Waals surface area contributed by atoms with Crippen LogP contribution in [0.5, 0.6) is 5.75 Å². The molecule has 1 aromatic heterocycles. The van der Waals surface area contributed by atoms with Crippen molar-refractivity contribution in [1.82, 2.24) is 4.98 Å². The summed E-state index contributed by atoms with van der Waals surface area (Å²) in [6.45, 7) is 0. The van der Waals surface area contributed by atoms with Crippen LogP contribution in [0.4, 0.5) is 4.39 Å². The lowest BCUT2D eigenvalue weighted by Crippen LogP contribution is -2.01. The zero-order chi connectivity index (χ0) is 13.1. The highest BCUT2D eigenvalue weighted by molar-refractivity contribution is 5.89. The summed E-state index contributed by atoms with van der Waals surface area (Å²) in [6.07, 6.45) is 1.31. The van der Waals surface area contributed by atoms with Gasteiger partial charge in [-0.2, -0.15) is 0 Å². The fraction of sp³-hybridized carbons (Fsp3) is 0.0769. The molecule has 1 N–H and O–H groups in total. The summed E-state index contributed by atoms with van der Waals surface area (Å²) >= 11 is 0. The van der Waals surface area contributed by atoms with E-state index >= 15 is 0 Å². The number of hydrogen-bond donors (Lipinski definition) is 1. The standard InChI is InChI=1S/C13H10FNO3/c1-18-13(17)8-2-4-11(15-7-8)10-6-9(14)3-5-12(10)16/h2-7,16H,1H3. The number of nitrogens with zero attached hydrogens (tertiary/aromatic N) is 1. The Morgan fingerprint density at radius 1 is 1.33 bits per heavy atom. The average Bonchev–Trinajstić information content (AvgIpc) is 2.41. The molecule has 0 saturated carbocycles. The number of pyridine rings is 1. The number of ether oxygens (including phenoxy) is 1. The van der Waals surface area contributed by atoms with Crippen LogP contribution in [0.25, 0.3) is 11.3 Å². The van der Waals surface area contributed by atoms with E-state index in [-0.39, 0.29) is 16.9 Å². The summed E-state index contributed by atoms with van der Waals surface area (Å²) < 4.78 is 17.6. The summed E-state index contributed by atoms with van der Waals surface area (Å²) in [4.78, 5) is 15.2. The van der Waals surface area contributed by atoms with Crippen molar-refractivity contribution >= 4 is 5.97 Å². The van der Waals surface area contributed by atoms with Gasteiger partial charge in [0, 0.05) is 11.8 Å². The van der Waals surface area contributed by atoms with Crippen molar-refractivity contribution in [3.8, 4) is 17.0 Å². The van der Waals surface area contributed by atoms with Gasteiger partial charge in [0.2, 0.25) is 0 Å². The Morgan fingerprint density at radius 3 is 2.72 bits per heavy atom. The van der Waals surface area contributed by atoms with Crippen molar-refractivity contribution in [1.29, 1.82) is 0 Å². The normalized spacial score (nSPS) is 10.1. The van der Waals surface area contributed by atoms with E-state index in [0.717, 1.165) is 6.07 Å². The summed E-state index contributed by atoms with van der Waals surface area (Å²) in [5, 5.41) is 9.61. The fourth-order valence-electron chi connectivity index (χ4n) is 1.51. The molecule has 0 fully saturated rings. The van der Waals surface area contributed by atoms with Crippen molar-refractivity contribution in [2.75, 3.05) is 7.11 Å². The maximum absolute atomic E-state index is 13.1. The molecule has 0 aliphatic carbocycles. The van der Waals surface area contributed by atoms with E-state index < -0.39 is 11.8 Å². The average molecular weight is 247 g/mol. The number of carbonyl (C=O) groups is 1. The Morgan fingerprint density at radius 2 is 2.11 bits per heavy atom. The summed E-state index contributed by atoms with van der Waals surface area (Å²) in [5.74, 6) is -1.05. The number of rotatable bonds is 2. The van der Waals surface area contributed by atoms with Crippen LogP contribution in [0, 0.1) is 5.82 Å². The molecule has 1 heterocycles. The minimum Gasteiger partial charge on any atom is -0.507 e. The third-order valence-electron chi connectivity index (χ3n) is 2.42. The highest BCUT2D eigenvalue weighted by Gasteiger charge is 2.09. The number of phenols is 1. The van der Waals surface area contributed by atoms with Crippen LogP contribution in [0.3, 0.4) is 0 Å². The van der Waals surface area contributed by atoms with E-state index in [2.05, 4.69) is 9.72 Å². The van der Waals surface area contributed by atoms with Gasteiger partial charge in [0.1, 0.15) is 11.6 Å². The molecule has 2 rings (SSSR count). The molecule has 0 bridgehead atoms. The van der Waals surface area contributed by atoms with E-state index in [1.807, 2.05) is 0 Å². The van der Waals surface area contributed by atoms with Crippen molar-refractivity contribution < 1.29 is 19.0 Å². The van der Waals surface area contributed by atoms with Crippen molar-refractivity contribution in [3.05, 3.63) is 47.9 Å². The van der Waals surface area contributed by atoms with Crippen molar-refractivity contribution in [2.24, 2.45) is 0 Å². The molecule has 0 aliphatic heterocycles. The number of phenolic OH excluding ortho intramolecular Hbond substituents is 1. The molecule has 1 aromatic carbocycles. The van der Waals surface area contributed by atoms with Gasteiger partial charge < -0.3 is 9.84 Å². The van der Waals surface area contributed by atoms with Crippen LogP contribution in [0.2, 0.25) is 0 Å². The van der Waals surface area contributed by atoms with E-state index in [1.54, 1.807) is 0 Å². The third kappa shape index (κ3) is 2.29. The number of carbonyl (C=O) groups excluding carboxylic acids is 1. The largest absolute Gasteiger partial charge is 0.507 e. The van der Waals surface area contributed by atoms with Crippen molar-refractivity contribution in [2.45, 2.75) is 0 Å². The SMILES string of the molecule is COC(=O)c1ccc(-c2cc(F)ccc2O)nc1. The lowest BCUT2D eigenvalue weighted by atomic mass is 10.1. The van der Waals surface area contributed by atoms with E-state index in [0.29, 0.717) is 5.69 Å². The first-order chi connectivity index (χ1) is 8.61. The molecule has 0 aliphatic rings. The first-order valence-corrected chi connectivity index (χ1v) is 5.15. The predicted octanol–water partition coefficient (Wildman–Crippen LogP) is 2.38. The minimum absolute atomic E-state index is 0.0743. The molecule has 4 nitrogen and oxygen atoms in total. The maximum atomic E-state index is 13.1. The molecule has 0 saturated heterocycles. The van der Waals surface area contributed by atoms with Gasteiger partial charge in [-0.05, 0) is 30.3 Å². The molecule has 5 heteroatoms. The number of esters is 1. The number of hydrogen-bond acceptors (Lipinski definition) is 4. The Bertz CT molecular complexity index is 581. The first kappa shape index (κ1) is 12.0. The third-order valence-corrected chi connectivity index (χ3v) is 2.42. The van der Waals surface area contributed by atoms with E-state index in [9.17, 15) is 14.3 Å². The highest BCUT2D eigenvalue weighted by atomic mass is 19.1. The first-order valence-electron chi connectivity index (χ1n) is 5.15. The molecule has 0 spiro atoms. The minimum atomic E-state index is -0.502. The number of aromatic hydroxyl groups is 1. The molecule has 0 atom stereocenters. The van der Waals surface area contributed by atoms with Crippen LogP contribution in [0.15, 0.2) is 36.5 Å². The topological polar surface area (TPSA) is 59.4 Å². The maximum Gasteiger partial charge on any atom is 0.339 e. The molecule has 18 heavy (non-hydrogen) atoms. The molecular weight excluding hydrogens is 237 g/mol. The zero-order valence-corrected chi connectivity index (χ0v) is 9.55. The van der Waals surface area contributed by atoms with Crippen LogP contribution in [-0.2, 0) is 4.74 Å². The molecule has 2 aromatic rings. The smallest absolute Gasteiger partial charge is 0.339 e. The van der Waals surface area contributed by atoms with Crippen LogP contribution in [-0.4, -0.2) is 23.2 Å². The van der Waals surface area contributed by atoms with E-state index in [4.69, 9.17) is 0 Å². The summed E-state index contributed by atoms with van der Waals surface area (Å²) in [5.41, 5.74) is 0.934. The highest BCUT2D eigenvalue weighted by Crippen LogP contribution is 2.28. The summed E-state index contributed by atoms with van der Waals surface area (Å²) in [7, 11) is 1.27. The van der Waals surface area contributed by atoms with Gasteiger partial charge in [0.25, 0.3) is 0 Å². The van der Waals surface area contributed by atoms with Gasteiger partial charge in [-0.3, -0.25) is 4.98 Å². The number of methoxy groups -OCH3 is 1. The Balaban J connectivity index is 2.40. The Labute approximate surface area is 103 Å². The Kier molecular flexibility index (Phi) is 3.23. The number of aromatic nitrogens is 1. The molecular formula is C13H10FNO3. The monoisotopic (exact) mass is 247 g/mol.